The van der Waals surface area contributed by atoms with Crippen LogP contribution in [0.4, 0.5) is 10.6 Å². The first-order valence-electron chi connectivity index (χ1n) is 6.75. The normalized spacial score (nSPS) is 10.3. The van der Waals surface area contributed by atoms with Crippen molar-refractivity contribution in [3.8, 4) is 0 Å². The number of nitrogens with zero attached hydrogens (tertiary/aromatic N) is 2. The quantitative estimate of drug-likeness (QED) is 0.938. The lowest BCUT2D eigenvalue weighted by Crippen LogP contribution is -2.15. The number of amides is 1. The lowest BCUT2D eigenvalue weighted by Gasteiger charge is -2.08. The van der Waals surface area contributed by atoms with Crippen LogP contribution in [0.5, 0.6) is 0 Å². The first-order chi connectivity index (χ1) is 9.92. The molecule has 0 saturated carbocycles. The smallest absolute Gasteiger partial charge is 0.413 e. The van der Waals surface area contributed by atoms with Gasteiger partial charge in [0, 0.05) is 17.1 Å². The van der Waals surface area contributed by atoms with E-state index in [1.54, 1.807) is 6.07 Å². The van der Waals surface area contributed by atoms with Gasteiger partial charge in [0.2, 0.25) is 0 Å². The minimum Gasteiger partial charge on any atom is -0.444 e. The highest BCUT2D eigenvalue weighted by atomic mass is 16.5. The molecule has 0 fully saturated rings. The maximum absolute atomic E-state index is 11.8. The van der Waals surface area contributed by atoms with Crippen LogP contribution in [0.25, 0.3) is 0 Å². The molecule has 110 valence electrons. The molecule has 0 aromatic carbocycles. The van der Waals surface area contributed by atoms with Crippen LogP contribution in [-0.4, -0.2) is 16.1 Å². The van der Waals surface area contributed by atoms with Gasteiger partial charge in [-0.2, -0.15) is 0 Å². The van der Waals surface area contributed by atoms with Crippen LogP contribution < -0.4 is 5.32 Å². The zero-order valence-corrected chi connectivity index (χ0v) is 12.7. The minimum absolute atomic E-state index is 0.209. The molecule has 5 heteroatoms. The molecule has 2 rings (SSSR count). The van der Waals surface area contributed by atoms with Crippen molar-refractivity contribution >= 4 is 11.9 Å². The van der Waals surface area contributed by atoms with Gasteiger partial charge in [-0.25, -0.2) is 9.78 Å². The average Bonchev–Trinajstić information content (AvgIpc) is 2.34. The number of carbonyl (C=O) groups is 1. The van der Waals surface area contributed by atoms with E-state index in [4.69, 9.17) is 4.74 Å². The Morgan fingerprint density at radius 1 is 1.00 bits per heavy atom. The lowest BCUT2D eigenvalue weighted by molar-refractivity contribution is 0.155. The van der Waals surface area contributed by atoms with Crippen LogP contribution in [0, 0.1) is 27.7 Å². The zero-order chi connectivity index (χ0) is 15.4. The van der Waals surface area contributed by atoms with E-state index in [0.29, 0.717) is 5.82 Å². The Bertz CT molecular complexity index is 628. The van der Waals surface area contributed by atoms with Crippen LogP contribution in [-0.2, 0) is 11.3 Å². The molecule has 2 heterocycles. The molecule has 0 aliphatic rings. The van der Waals surface area contributed by atoms with E-state index in [0.717, 1.165) is 28.2 Å². The molecule has 0 aliphatic heterocycles. The first kappa shape index (κ1) is 15.0. The molecular formula is C16H19N3O2. The standard InChI is InChI=1S/C16H19N3O2/c1-10-5-11(2)18-15(6-10)19-16(20)21-9-14-7-12(3)17-13(4)8-14/h5-8H,9H2,1-4H3,(H,18,19,20). The third-order valence-corrected chi connectivity index (χ3v) is 2.84. The Balaban J connectivity index is 1.95. The molecule has 2 aromatic rings. The molecule has 1 N–H and O–H groups in total. The van der Waals surface area contributed by atoms with Gasteiger partial charge in [-0.05, 0) is 63.1 Å². The van der Waals surface area contributed by atoms with E-state index in [1.807, 2.05) is 45.9 Å². The number of anilines is 1. The molecular weight excluding hydrogens is 266 g/mol. The SMILES string of the molecule is Cc1cc(C)nc(NC(=O)OCc2cc(C)nc(C)c2)c1. The highest BCUT2D eigenvalue weighted by Crippen LogP contribution is 2.10. The fourth-order valence-corrected chi connectivity index (χ4v) is 2.20. The molecule has 1 amide bonds. The molecule has 21 heavy (non-hydrogen) atoms. The van der Waals surface area contributed by atoms with Crippen LogP contribution in [0.15, 0.2) is 24.3 Å². The monoisotopic (exact) mass is 285 g/mol. The number of aromatic nitrogens is 2. The number of rotatable bonds is 3. The Hall–Kier alpha value is -2.43. The fraction of sp³-hybridized carbons (Fsp3) is 0.312. The molecule has 0 saturated heterocycles. The summed E-state index contributed by atoms with van der Waals surface area (Å²) in [5, 5.41) is 2.64. The predicted octanol–water partition coefficient (Wildman–Crippen LogP) is 3.46. The summed E-state index contributed by atoms with van der Waals surface area (Å²) >= 11 is 0. The minimum atomic E-state index is -0.514. The Kier molecular flexibility index (Phi) is 4.52. The van der Waals surface area contributed by atoms with Crippen molar-refractivity contribution in [3.05, 3.63) is 52.5 Å². The van der Waals surface area contributed by atoms with Crippen LogP contribution in [0.2, 0.25) is 0 Å². The Morgan fingerprint density at radius 2 is 1.62 bits per heavy atom. The summed E-state index contributed by atoms with van der Waals surface area (Å²) in [6.07, 6.45) is -0.514. The van der Waals surface area contributed by atoms with E-state index in [1.165, 1.54) is 0 Å². The maximum Gasteiger partial charge on any atom is 0.413 e. The van der Waals surface area contributed by atoms with Crippen molar-refractivity contribution in [3.63, 3.8) is 0 Å². The van der Waals surface area contributed by atoms with E-state index in [2.05, 4.69) is 15.3 Å². The number of hydrogen-bond acceptors (Lipinski definition) is 4. The highest BCUT2D eigenvalue weighted by Gasteiger charge is 2.06. The van der Waals surface area contributed by atoms with E-state index >= 15 is 0 Å². The van der Waals surface area contributed by atoms with Crippen molar-refractivity contribution in [2.45, 2.75) is 34.3 Å². The second-order valence-corrected chi connectivity index (χ2v) is 5.13. The van der Waals surface area contributed by atoms with Crippen LogP contribution in [0.1, 0.15) is 28.2 Å². The number of nitrogens with one attached hydrogen (secondary N) is 1. The second-order valence-electron chi connectivity index (χ2n) is 5.13. The van der Waals surface area contributed by atoms with Gasteiger partial charge in [0.1, 0.15) is 12.4 Å². The van der Waals surface area contributed by atoms with E-state index < -0.39 is 6.09 Å². The summed E-state index contributed by atoms with van der Waals surface area (Å²) in [5.74, 6) is 0.500. The topological polar surface area (TPSA) is 64.1 Å². The second kappa shape index (κ2) is 6.35. The van der Waals surface area contributed by atoms with Gasteiger partial charge in [0.05, 0.1) is 0 Å². The molecule has 0 bridgehead atoms. The maximum atomic E-state index is 11.8. The number of ether oxygens (including phenoxy) is 1. The van der Waals surface area contributed by atoms with Crippen molar-refractivity contribution in [1.82, 2.24) is 9.97 Å². The first-order valence-corrected chi connectivity index (χ1v) is 6.75. The molecule has 0 unspecified atom stereocenters. The van der Waals surface area contributed by atoms with Crippen LogP contribution in [0.3, 0.4) is 0 Å². The van der Waals surface area contributed by atoms with Crippen molar-refractivity contribution in [2.75, 3.05) is 5.32 Å². The summed E-state index contributed by atoms with van der Waals surface area (Å²) < 4.78 is 5.20. The molecule has 0 radical (unpaired) electrons. The third kappa shape index (κ3) is 4.56. The number of hydrogen-bond donors (Lipinski definition) is 1. The average molecular weight is 285 g/mol. The largest absolute Gasteiger partial charge is 0.444 e. The Labute approximate surface area is 124 Å². The molecule has 0 aliphatic carbocycles. The van der Waals surface area contributed by atoms with Gasteiger partial charge in [-0.1, -0.05) is 0 Å². The van der Waals surface area contributed by atoms with E-state index in [-0.39, 0.29) is 6.61 Å². The summed E-state index contributed by atoms with van der Waals surface area (Å²) in [5.41, 5.74) is 4.63. The van der Waals surface area contributed by atoms with Gasteiger partial charge in [0.15, 0.2) is 0 Å². The van der Waals surface area contributed by atoms with Gasteiger partial charge < -0.3 is 4.74 Å². The molecule has 0 atom stereocenters. The Morgan fingerprint density at radius 3 is 2.24 bits per heavy atom. The van der Waals surface area contributed by atoms with Crippen LogP contribution >= 0.6 is 0 Å². The molecule has 0 spiro atoms. The highest BCUT2D eigenvalue weighted by molar-refractivity contribution is 5.83. The summed E-state index contributed by atoms with van der Waals surface area (Å²) in [6, 6.07) is 7.54. The third-order valence-electron chi connectivity index (χ3n) is 2.84. The fourth-order valence-electron chi connectivity index (χ4n) is 2.20. The summed E-state index contributed by atoms with van der Waals surface area (Å²) in [7, 11) is 0. The number of aryl methyl sites for hydroxylation is 4. The molecule has 5 nitrogen and oxygen atoms in total. The summed E-state index contributed by atoms with van der Waals surface area (Å²) in [4.78, 5) is 20.3. The van der Waals surface area contributed by atoms with Crippen molar-refractivity contribution in [2.24, 2.45) is 0 Å². The van der Waals surface area contributed by atoms with Gasteiger partial charge in [-0.15, -0.1) is 0 Å². The lowest BCUT2D eigenvalue weighted by atomic mass is 10.2. The van der Waals surface area contributed by atoms with E-state index in [9.17, 15) is 4.79 Å². The molecule has 2 aromatic heterocycles. The van der Waals surface area contributed by atoms with Gasteiger partial charge in [-0.3, -0.25) is 10.3 Å². The van der Waals surface area contributed by atoms with Gasteiger partial charge >= 0.3 is 6.09 Å². The number of carbonyl (C=O) groups excluding carboxylic acids is 1. The number of pyridine rings is 2. The predicted molar refractivity (Wildman–Crippen MR) is 81.2 cm³/mol. The summed E-state index contributed by atoms with van der Waals surface area (Å²) in [6.45, 7) is 7.87. The van der Waals surface area contributed by atoms with Gasteiger partial charge in [0.25, 0.3) is 0 Å². The van der Waals surface area contributed by atoms with Crippen molar-refractivity contribution < 1.29 is 9.53 Å². The zero-order valence-electron chi connectivity index (χ0n) is 12.7. The van der Waals surface area contributed by atoms with Crippen molar-refractivity contribution in [1.29, 1.82) is 0 Å².